The second-order valence-electron chi connectivity index (χ2n) is 7.37. The van der Waals surface area contributed by atoms with Gasteiger partial charge in [-0.1, -0.05) is 27.7 Å². The molecule has 0 bridgehead atoms. The summed E-state index contributed by atoms with van der Waals surface area (Å²) in [6, 6.07) is 5.30. The number of likely N-dealkylation sites (tertiary alicyclic amines) is 1. The Hall–Kier alpha value is -1.49. The fourth-order valence-corrected chi connectivity index (χ4v) is 3.47. The monoisotopic (exact) mass is 370 g/mol. The summed E-state index contributed by atoms with van der Waals surface area (Å²) < 4.78 is 1.44. The summed E-state index contributed by atoms with van der Waals surface area (Å²) in [6.07, 6.45) is 2.13. The van der Waals surface area contributed by atoms with E-state index in [1.165, 1.54) is 16.7 Å². The fraction of sp³-hybridized carbons (Fsp3) is 0.700. The van der Waals surface area contributed by atoms with Crippen LogP contribution in [-0.4, -0.2) is 65.7 Å². The van der Waals surface area contributed by atoms with E-state index in [2.05, 4.69) is 18.7 Å². The first kappa shape index (κ1) is 23.5. The highest BCUT2D eigenvalue weighted by molar-refractivity contribution is 6.39. The van der Waals surface area contributed by atoms with E-state index in [1.54, 1.807) is 26.2 Å². The summed E-state index contributed by atoms with van der Waals surface area (Å²) >= 11 is 0. The zero-order chi connectivity index (χ0) is 20.8. The Balaban J connectivity index is 0.00000176. The van der Waals surface area contributed by atoms with Crippen LogP contribution in [-0.2, 0) is 5.34 Å². The molecule has 1 aliphatic rings. The van der Waals surface area contributed by atoms with Gasteiger partial charge in [0, 0.05) is 36.3 Å². The summed E-state index contributed by atoms with van der Waals surface area (Å²) in [5, 5.41) is -1.21. The molecule has 0 aromatic carbocycles. The lowest BCUT2D eigenvalue weighted by Gasteiger charge is -2.42. The minimum absolute atomic E-state index is 0.169. The predicted octanol–water partition coefficient (Wildman–Crippen LogP) is 1.58. The third-order valence-corrected chi connectivity index (χ3v) is 5.17. The van der Waals surface area contributed by atoms with Crippen LogP contribution in [0, 0.1) is 11.8 Å². The Kier molecular flexibility index (Phi) is 8.86. The first-order valence-corrected chi connectivity index (χ1v) is 9.84. The molecule has 7 heteroatoms. The molecular formula is C20H34B2N3O2+. The van der Waals surface area contributed by atoms with E-state index in [0.29, 0.717) is 23.2 Å². The predicted molar refractivity (Wildman–Crippen MR) is 111 cm³/mol. The van der Waals surface area contributed by atoms with Crippen molar-refractivity contribution >= 4 is 21.6 Å². The lowest BCUT2D eigenvalue weighted by atomic mass is 9.57. The van der Waals surface area contributed by atoms with E-state index in [4.69, 9.17) is 20.5 Å². The summed E-state index contributed by atoms with van der Waals surface area (Å²) in [6.45, 7) is 10.2. The number of hydrogen-bond acceptors (Lipinski definition) is 3. The average Bonchev–Trinajstić information content (AvgIpc) is 2.68. The number of rotatable bonds is 5. The van der Waals surface area contributed by atoms with Crippen molar-refractivity contribution in [2.24, 2.45) is 11.8 Å². The number of nitrogens with zero attached hydrogens (tertiary/aromatic N) is 3. The van der Waals surface area contributed by atoms with Crippen LogP contribution >= 0.6 is 0 Å². The van der Waals surface area contributed by atoms with E-state index < -0.39 is 5.34 Å². The quantitative estimate of drug-likeness (QED) is 0.584. The SMILES string of the molecule is CC.[B]C([B])(c1cccc(C(=O)N(C)C)[n+]1OC)N1CCC(C(C)C)CC1. The normalized spacial score (nSPS) is 15.9. The third-order valence-electron chi connectivity index (χ3n) is 5.17. The lowest BCUT2D eigenvalue weighted by molar-refractivity contribution is -0.893. The zero-order valence-corrected chi connectivity index (χ0v) is 18.0. The molecule has 2 rings (SSSR count). The van der Waals surface area contributed by atoms with Gasteiger partial charge in [0.15, 0.2) is 0 Å². The third kappa shape index (κ3) is 5.28. The Morgan fingerprint density at radius 1 is 1.26 bits per heavy atom. The van der Waals surface area contributed by atoms with E-state index in [9.17, 15) is 4.79 Å². The Labute approximate surface area is 167 Å². The molecule has 5 nitrogen and oxygen atoms in total. The molecule has 0 aliphatic carbocycles. The molecule has 1 aliphatic heterocycles. The number of carbonyl (C=O) groups is 1. The molecule has 1 aromatic rings. The molecule has 2 heterocycles. The largest absolute Gasteiger partial charge is 0.339 e. The highest BCUT2D eigenvalue weighted by Crippen LogP contribution is 2.30. The molecule has 1 aromatic heterocycles. The molecule has 0 unspecified atom stereocenters. The highest BCUT2D eigenvalue weighted by atomic mass is 16.6. The molecule has 4 radical (unpaired) electrons. The molecule has 0 atom stereocenters. The van der Waals surface area contributed by atoms with Crippen LogP contribution in [0.3, 0.4) is 0 Å². The van der Waals surface area contributed by atoms with Crippen molar-refractivity contribution in [2.75, 3.05) is 34.3 Å². The van der Waals surface area contributed by atoms with Crippen molar-refractivity contribution in [3.8, 4) is 0 Å². The van der Waals surface area contributed by atoms with Gasteiger partial charge in [0.25, 0.3) is 0 Å². The minimum atomic E-state index is -1.21. The van der Waals surface area contributed by atoms with Crippen molar-refractivity contribution in [2.45, 2.75) is 45.9 Å². The summed E-state index contributed by atoms with van der Waals surface area (Å²) in [5.74, 6) is 1.19. The van der Waals surface area contributed by atoms with E-state index in [1.807, 2.05) is 19.9 Å². The van der Waals surface area contributed by atoms with Gasteiger partial charge in [-0.15, -0.1) is 0 Å². The maximum Gasteiger partial charge on any atom is 0.323 e. The van der Waals surface area contributed by atoms with Gasteiger partial charge in [0.05, 0.1) is 15.7 Å². The van der Waals surface area contributed by atoms with Crippen LogP contribution in [0.5, 0.6) is 0 Å². The van der Waals surface area contributed by atoms with Gasteiger partial charge in [-0.25, -0.2) is 0 Å². The molecule has 0 N–H and O–H groups in total. The minimum Gasteiger partial charge on any atom is -0.339 e. The zero-order valence-electron chi connectivity index (χ0n) is 18.0. The number of piperidine rings is 1. The van der Waals surface area contributed by atoms with Crippen molar-refractivity contribution in [3.63, 3.8) is 0 Å². The molecule has 1 amide bonds. The fourth-order valence-electron chi connectivity index (χ4n) is 3.47. The Morgan fingerprint density at radius 2 is 1.81 bits per heavy atom. The van der Waals surface area contributed by atoms with Gasteiger partial charge >= 0.3 is 11.6 Å². The van der Waals surface area contributed by atoms with Gasteiger partial charge in [-0.2, -0.15) is 0 Å². The average molecular weight is 370 g/mol. The van der Waals surface area contributed by atoms with E-state index >= 15 is 0 Å². The lowest BCUT2D eigenvalue weighted by Crippen LogP contribution is -2.61. The first-order valence-electron chi connectivity index (χ1n) is 9.84. The van der Waals surface area contributed by atoms with E-state index in [0.717, 1.165) is 25.9 Å². The second kappa shape index (κ2) is 10.2. The van der Waals surface area contributed by atoms with Crippen LogP contribution < -0.4 is 9.57 Å². The van der Waals surface area contributed by atoms with Gasteiger partial charge < -0.3 is 9.80 Å². The molecule has 27 heavy (non-hydrogen) atoms. The van der Waals surface area contributed by atoms with E-state index in [-0.39, 0.29) is 5.91 Å². The number of hydrogen-bond donors (Lipinski definition) is 0. The van der Waals surface area contributed by atoms with Gasteiger partial charge in [0.2, 0.25) is 5.69 Å². The first-order chi connectivity index (χ1) is 12.7. The second-order valence-corrected chi connectivity index (χ2v) is 7.37. The highest BCUT2D eigenvalue weighted by Gasteiger charge is 2.40. The molecule has 0 saturated carbocycles. The van der Waals surface area contributed by atoms with Crippen molar-refractivity contribution in [3.05, 3.63) is 29.6 Å². The molecule has 1 fully saturated rings. The van der Waals surface area contributed by atoms with Crippen molar-refractivity contribution in [1.82, 2.24) is 9.80 Å². The molecule has 1 saturated heterocycles. The van der Waals surface area contributed by atoms with Crippen LogP contribution in [0.4, 0.5) is 0 Å². The van der Waals surface area contributed by atoms with Crippen LogP contribution in [0.25, 0.3) is 0 Å². The maximum atomic E-state index is 12.4. The number of aromatic nitrogens is 1. The summed E-state index contributed by atoms with van der Waals surface area (Å²) in [5.41, 5.74) is 0.952. The smallest absolute Gasteiger partial charge is 0.323 e. The van der Waals surface area contributed by atoms with Crippen molar-refractivity contribution < 1.29 is 14.4 Å². The van der Waals surface area contributed by atoms with Crippen LogP contribution in [0.2, 0.25) is 0 Å². The molecule has 146 valence electrons. The van der Waals surface area contributed by atoms with Gasteiger partial charge in [0.1, 0.15) is 7.11 Å². The number of amides is 1. The van der Waals surface area contributed by atoms with Gasteiger partial charge in [-0.3, -0.25) is 9.63 Å². The summed E-state index contributed by atoms with van der Waals surface area (Å²) in [7, 11) is 18.0. The standard InChI is InChI=1S/C18H28B2N3O2.C2H6/c1-13(2)14-9-11-22(12-10-14)18(19,20)16-8-6-7-15(23(16)25-5)17(24)21(3)4;1-2/h6-8,13-14H,9-12H2,1-5H3;1-2H3/q+1;. The van der Waals surface area contributed by atoms with Gasteiger partial charge in [-0.05, 0) is 43.8 Å². The number of pyridine rings is 1. The maximum absolute atomic E-state index is 12.4. The molecular weight excluding hydrogens is 336 g/mol. The van der Waals surface area contributed by atoms with Crippen LogP contribution in [0.15, 0.2) is 18.2 Å². The number of carbonyl (C=O) groups excluding carboxylic acids is 1. The molecule has 0 spiro atoms. The Bertz CT molecular complexity index is 613. The van der Waals surface area contributed by atoms with Crippen LogP contribution in [0.1, 0.15) is 56.7 Å². The van der Waals surface area contributed by atoms with Crippen molar-refractivity contribution in [1.29, 1.82) is 0 Å². The Morgan fingerprint density at radius 3 is 2.26 bits per heavy atom. The topological polar surface area (TPSA) is 36.7 Å². The summed E-state index contributed by atoms with van der Waals surface area (Å²) in [4.78, 5) is 21.5.